The Balaban J connectivity index is 1.11. The Labute approximate surface area is 291 Å². The molecular weight excluding hydrogens is 685 g/mol. The highest BCUT2D eigenvalue weighted by molar-refractivity contribution is 7.28. The van der Waals surface area contributed by atoms with E-state index >= 15 is 0 Å². The van der Waals surface area contributed by atoms with Crippen LogP contribution in [0.1, 0.15) is 32.0 Å². The van der Waals surface area contributed by atoms with Gasteiger partial charge in [0.05, 0.1) is 11.7 Å². The van der Waals surface area contributed by atoms with Crippen molar-refractivity contribution in [1.82, 2.24) is 8.75 Å². The summed E-state index contributed by atoms with van der Waals surface area (Å²) in [5, 5.41) is 0. The normalized spacial score (nSPS) is 11.8. The molecule has 0 radical (unpaired) electrons. The Morgan fingerprint density at radius 3 is 1.16 bits per heavy atom. The van der Waals surface area contributed by atoms with Crippen molar-refractivity contribution in [1.29, 1.82) is 0 Å². The third-order valence-electron chi connectivity index (χ3n) is 7.97. The van der Waals surface area contributed by atoms with E-state index in [1.807, 2.05) is 68.0 Å². The predicted octanol–water partition coefficient (Wildman–Crippen LogP) is 13.9. The van der Waals surface area contributed by atoms with Gasteiger partial charge in [0.1, 0.15) is 11.0 Å². The van der Waals surface area contributed by atoms with Crippen LogP contribution < -0.4 is 0 Å². The first kappa shape index (κ1) is 29.6. The smallest absolute Gasteiger partial charge is 0.114 e. The van der Waals surface area contributed by atoms with E-state index in [2.05, 4.69) is 102 Å². The molecule has 0 N–H and O–H groups in total. The molecule has 0 aliphatic rings. The lowest BCUT2D eigenvalue weighted by molar-refractivity contribution is 1.50. The second-order valence-electron chi connectivity index (χ2n) is 11.4. The zero-order valence-corrected chi connectivity index (χ0v) is 31.2. The Morgan fingerprint density at radius 1 is 0.378 bits per heavy atom. The van der Waals surface area contributed by atoms with Gasteiger partial charge >= 0.3 is 0 Å². The SMILES string of the molecule is Cc1cc(C)c(-c2cc(C)c(-c3ccc(-c4ccc(-c5ccc(-c6sc(-c7sc(C)cc7C)cc6C)s5)c5nsnc45)s3)s2)s1. The zero-order chi connectivity index (χ0) is 31.0. The highest BCUT2D eigenvalue weighted by atomic mass is 32.1. The van der Waals surface area contributed by atoms with Crippen LogP contribution >= 0.6 is 79.7 Å². The number of aromatic nitrogens is 2. The van der Waals surface area contributed by atoms with Gasteiger partial charge in [-0.1, -0.05) is 12.1 Å². The number of thiophene rings is 6. The minimum atomic E-state index is 0.993. The minimum Gasteiger partial charge on any atom is -0.172 e. The summed E-state index contributed by atoms with van der Waals surface area (Å²) in [4.78, 5) is 16.1. The van der Waals surface area contributed by atoms with Crippen LogP contribution in [-0.2, 0) is 0 Å². The van der Waals surface area contributed by atoms with Gasteiger partial charge in [-0.25, -0.2) is 0 Å². The molecule has 7 aromatic heterocycles. The first-order chi connectivity index (χ1) is 21.7. The van der Waals surface area contributed by atoms with E-state index in [0.29, 0.717) is 0 Å². The average molecular weight is 713 g/mol. The van der Waals surface area contributed by atoms with E-state index in [0.717, 1.165) is 22.2 Å². The summed E-state index contributed by atoms with van der Waals surface area (Å²) in [6, 6.07) is 22.8. The number of hydrogen-bond donors (Lipinski definition) is 0. The van der Waals surface area contributed by atoms with Crippen molar-refractivity contribution in [3.05, 3.63) is 92.7 Å². The topological polar surface area (TPSA) is 25.8 Å². The zero-order valence-electron chi connectivity index (χ0n) is 25.5. The molecule has 0 aliphatic carbocycles. The molecule has 0 saturated carbocycles. The maximum Gasteiger partial charge on any atom is 0.114 e. The van der Waals surface area contributed by atoms with E-state index in [4.69, 9.17) is 8.75 Å². The lowest BCUT2D eigenvalue weighted by Crippen LogP contribution is -1.81. The summed E-state index contributed by atoms with van der Waals surface area (Å²) in [5.41, 5.74) is 9.73. The van der Waals surface area contributed by atoms with Gasteiger partial charge in [-0.3, -0.25) is 0 Å². The van der Waals surface area contributed by atoms with E-state index in [9.17, 15) is 0 Å². The van der Waals surface area contributed by atoms with Gasteiger partial charge in [0.2, 0.25) is 0 Å². The monoisotopic (exact) mass is 712 g/mol. The molecular formula is C36H28N2S7. The van der Waals surface area contributed by atoms with Crippen LogP contribution in [0.5, 0.6) is 0 Å². The first-order valence-corrected chi connectivity index (χ1v) is 20.2. The first-order valence-electron chi connectivity index (χ1n) is 14.6. The van der Waals surface area contributed by atoms with Gasteiger partial charge in [-0.2, -0.15) is 8.75 Å². The van der Waals surface area contributed by atoms with Crippen LogP contribution in [0.25, 0.3) is 70.9 Å². The lowest BCUT2D eigenvalue weighted by Gasteiger charge is -2.04. The third-order valence-corrected chi connectivity index (χ3v) is 16.2. The Kier molecular flexibility index (Phi) is 7.56. The van der Waals surface area contributed by atoms with Gasteiger partial charge < -0.3 is 0 Å². The van der Waals surface area contributed by atoms with Crippen LogP contribution in [0.15, 0.2) is 60.7 Å². The van der Waals surface area contributed by atoms with E-state index < -0.39 is 0 Å². The second-order valence-corrected chi connectivity index (χ2v) is 18.7. The van der Waals surface area contributed by atoms with Crippen molar-refractivity contribution in [2.24, 2.45) is 0 Å². The molecule has 0 atom stereocenters. The number of hydrogen-bond acceptors (Lipinski definition) is 9. The van der Waals surface area contributed by atoms with Gasteiger partial charge in [0, 0.05) is 69.7 Å². The fourth-order valence-corrected chi connectivity index (χ4v) is 13.6. The Hall–Kier alpha value is -2.76. The maximum atomic E-state index is 4.81. The van der Waals surface area contributed by atoms with E-state index in [-0.39, 0.29) is 0 Å². The molecule has 0 fully saturated rings. The van der Waals surface area contributed by atoms with Crippen molar-refractivity contribution >= 4 is 90.8 Å². The largest absolute Gasteiger partial charge is 0.172 e. The van der Waals surface area contributed by atoms with Crippen LogP contribution in [0.2, 0.25) is 0 Å². The standard InChI is InChI=1S/C36H28N2S7/c1-17-13-21(5)39-35(17)29-15-19(3)33(43-29)27-11-9-25(41-27)23-7-8-24(32-31(23)37-45-38-32)26-10-12-28(42-26)34-20(4)16-30(44-34)36-18(2)14-22(6)40-36/h7-16H,1-6H3. The fraction of sp³-hybridized carbons (Fsp3) is 0.167. The number of aryl methyl sites for hydroxylation is 6. The molecule has 1 aromatic carbocycles. The molecule has 2 nitrogen and oxygen atoms in total. The number of benzene rings is 1. The molecule has 0 spiro atoms. The molecule has 8 rings (SSSR count). The van der Waals surface area contributed by atoms with Gasteiger partial charge in [0.15, 0.2) is 0 Å². The molecule has 0 saturated heterocycles. The third kappa shape index (κ3) is 5.23. The lowest BCUT2D eigenvalue weighted by atomic mass is 10.1. The van der Waals surface area contributed by atoms with Crippen molar-refractivity contribution in [2.45, 2.75) is 41.5 Å². The summed E-state index contributed by atoms with van der Waals surface area (Å²) in [6.07, 6.45) is 0. The van der Waals surface area contributed by atoms with Crippen LogP contribution in [0.3, 0.4) is 0 Å². The number of rotatable bonds is 6. The van der Waals surface area contributed by atoms with Crippen molar-refractivity contribution in [3.63, 3.8) is 0 Å². The summed E-state index contributed by atoms with van der Waals surface area (Å²) in [6.45, 7) is 13.3. The highest BCUT2D eigenvalue weighted by Gasteiger charge is 2.20. The Bertz CT molecular complexity index is 2200. The van der Waals surface area contributed by atoms with Crippen LogP contribution in [0, 0.1) is 41.5 Å². The van der Waals surface area contributed by atoms with E-state index in [1.165, 1.54) is 92.5 Å². The summed E-state index contributed by atoms with van der Waals surface area (Å²) in [7, 11) is 0. The molecule has 9 heteroatoms. The van der Waals surface area contributed by atoms with Crippen molar-refractivity contribution in [3.8, 4) is 59.9 Å². The predicted molar refractivity (Wildman–Crippen MR) is 206 cm³/mol. The average Bonchev–Trinajstić information content (AvgIpc) is 3.83. The van der Waals surface area contributed by atoms with Crippen LogP contribution in [-0.4, -0.2) is 8.75 Å². The number of fused-ring (bicyclic) bond motifs is 1. The number of nitrogens with zero attached hydrogens (tertiary/aromatic N) is 2. The molecule has 224 valence electrons. The summed E-state index contributed by atoms with van der Waals surface area (Å²) >= 11 is 12.6. The maximum absolute atomic E-state index is 4.81. The quantitative estimate of drug-likeness (QED) is 0.171. The molecule has 45 heavy (non-hydrogen) atoms. The molecule has 8 aromatic rings. The molecule has 0 amide bonds. The summed E-state index contributed by atoms with van der Waals surface area (Å²) < 4.78 is 9.62. The molecule has 0 bridgehead atoms. The van der Waals surface area contributed by atoms with Crippen LogP contribution in [0.4, 0.5) is 0 Å². The minimum absolute atomic E-state index is 0.993. The molecule has 7 heterocycles. The molecule has 0 aliphatic heterocycles. The summed E-state index contributed by atoms with van der Waals surface area (Å²) in [5.74, 6) is 0. The highest BCUT2D eigenvalue weighted by Crippen LogP contribution is 2.48. The van der Waals surface area contributed by atoms with E-state index in [1.54, 1.807) is 0 Å². The molecule has 0 unspecified atom stereocenters. The van der Waals surface area contributed by atoms with Gasteiger partial charge in [-0.15, -0.1) is 68.0 Å². The van der Waals surface area contributed by atoms with Gasteiger partial charge in [0.25, 0.3) is 0 Å². The Morgan fingerprint density at radius 2 is 0.756 bits per heavy atom. The fourth-order valence-electron chi connectivity index (χ4n) is 5.92. The van der Waals surface area contributed by atoms with Crippen molar-refractivity contribution in [2.75, 3.05) is 0 Å². The van der Waals surface area contributed by atoms with Gasteiger partial charge in [-0.05, 0) is 112 Å². The second kappa shape index (κ2) is 11.5. The van der Waals surface area contributed by atoms with Crippen molar-refractivity contribution < 1.29 is 0 Å².